The number of ketones is 1. The summed E-state index contributed by atoms with van der Waals surface area (Å²) >= 11 is 3.03. The fourth-order valence-corrected chi connectivity index (χ4v) is 1.58. The number of furan rings is 1. The van der Waals surface area contributed by atoms with Crippen molar-refractivity contribution in [3.05, 3.63) is 58.2 Å². The van der Waals surface area contributed by atoms with Gasteiger partial charge >= 0.3 is 0 Å². The number of benzene rings is 1. The zero-order valence-electron chi connectivity index (χ0n) is 7.54. The van der Waals surface area contributed by atoms with Gasteiger partial charge in [-0.2, -0.15) is 0 Å². The molecule has 0 bridgehead atoms. The monoisotopic (exact) mass is 268 g/mol. The van der Waals surface area contributed by atoms with Crippen molar-refractivity contribution in [1.82, 2.24) is 0 Å². The maximum absolute atomic E-state index is 12.9. The van der Waals surface area contributed by atoms with Crippen molar-refractivity contribution in [3.63, 3.8) is 0 Å². The highest BCUT2D eigenvalue weighted by molar-refractivity contribution is 9.10. The van der Waals surface area contributed by atoms with Gasteiger partial charge in [0.1, 0.15) is 12.1 Å². The molecule has 76 valence electrons. The predicted octanol–water partition coefficient (Wildman–Crippen LogP) is 3.41. The fourth-order valence-electron chi connectivity index (χ4n) is 1.20. The van der Waals surface area contributed by atoms with E-state index < -0.39 is 5.82 Å². The molecule has 1 aromatic heterocycles. The Hall–Kier alpha value is -1.42. The number of carbonyl (C=O) groups excluding carboxylic acids is 1. The number of carbonyl (C=O) groups is 1. The summed E-state index contributed by atoms with van der Waals surface area (Å²) in [5.74, 6) is -0.580. The predicted molar refractivity (Wildman–Crippen MR) is 56.2 cm³/mol. The fraction of sp³-hybridized carbons (Fsp3) is 0. The second-order valence-electron chi connectivity index (χ2n) is 2.97. The van der Waals surface area contributed by atoms with Crippen LogP contribution in [0.2, 0.25) is 0 Å². The molecule has 0 aliphatic rings. The highest BCUT2D eigenvalue weighted by atomic mass is 79.9. The third-order valence-electron chi connectivity index (χ3n) is 1.97. The lowest BCUT2D eigenvalue weighted by Gasteiger charge is -1.99. The molecule has 0 saturated carbocycles. The largest absolute Gasteiger partial charge is 0.472 e. The van der Waals surface area contributed by atoms with E-state index in [1.54, 1.807) is 6.07 Å². The van der Waals surface area contributed by atoms with E-state index in [2.05, 4.69) is 15.9 Å². The maximum atomic E-state index is 12.9. The van der Waals surface area contributed by atoms with Crippen molar-refractivity contribution in [2.45, 2.75) is 0 Å². The first-order valence-electron chi connectivity index (χ1n) is 4.20. The van der Waals surface area contributed by atoms with Gasteiger partial charge in [0, 0.05) is 5.56 Å². The minimum atomic E-state index is -0.390. The molecule has 2 nitrogen and oxygen atoms in total. The zero-order chi connectivity index (χ0) is 10.8. The molecule has 0 spiro atoms. The van der Waals surface area contributed by atoms with E-state index >= 15 is 0 Å². The second kappa shape index (κ2) is 3.98. The Morgan fingerprint density at radius 1 is 1.27 bits per heavy atom. The molecule has 0 unspecified atom stereocenters. The van der Waals surface area contributed by atoms with E-state index in [1.807, 2.05) is 0 Å². The molecule has 2 aromatic rings. The summed E-state index contributed by atoms with van der Waals surface area (Å²) in [6, 6.07) is 5.71. The summed E-state index contributed by atoms with van der Waals surface area (Å²) in [5, 5.41) is 0. The van der Waals surface area contributed by atoms with E-state index in [1.165, 1.54) is 30.7 Å². The van der Waals surface area contributed by atoms with E-state index in [9.17, 15) is 9.18 Å². The van der Waals surface area contributed by atoms with Gasteiger partial charge in [-0.15, -0.1) is 0 Å². The van der Waals surface area contributed by atoms with Gasteiger partial charge in [-0.3, -0.25) is 4.79 Å². The van der Waals surface area contributed by atoms with E-state index in [0.717, 1.165) is 0 Å². The molecule has 0 N–H and O–H groups in total. The Labute approximate surface area is 93.8 Å². The molecular formula is C11H6BrFO2. The molecule has 15 heavy (non-hydrogen) atoms. The van der Waals surface area contributed by atoms with Crippen LogP contribution < -0.4 is 0 Å². The topological polar surface area (TPSA) is 30.2 Å². The van der Waals surface area contributed by atoms with Crippen molar-refractivity contribution in [3.8, 4) is 0 Å². The van der Waals surface area contributed by atoms with Gasteiger partial charge in [0.05, 0.1) is 16.3 Å². The minimum absolute atomic E-state index is 0.190. The molecular weight excluding hydrogens is 263 g/mol. The van der Waals surface area contributed by atoms with Crippen LogP contribution in [0.3, 0.4) is 0 Å². The van der Waals surface area contributed by atoms with E-state index in [0.29, 0.717) is 11.1 Å². The molecule has 0 aliphatic heterocycles. The third-order valence-corrected chi connectivity index (χ3v) is 2.57. The number of halogens is 2. The van der Waals surface area contributed by atoms with E-state index in [4.69, 9.17) is 4.42 Å². The quantitative estimate of drug-likeness (QED) is 0.782. The van der Waals surface area contributed by atoms with Crippen molar-refractivity contribution in [2.75, 3.05) is 0 Å². The molecule has 2 rings (SSSR count). The van der Waals surface area contributed by atoms with Crippen molar-refractivity contribution in [1.29, 1.82) is 0 Å². The highest BCUT2D eigenvalue weighted by Gasteiger charge is 2.11. The SMILES string of the molecule is O=C(c1ccoc1)c1ccc(F)c(Br)c1. The van der Waals surface area contributed by atoms with Crippen molar-refractivity contribution >= 4 is 21.7 Å². The average molecular weight is 269 g/mol. The first-order valence-corrected chi connectivity index (χ1v) is 5.00. The smallest absolute Gasteiger partial charge is 0.196 e. The van der Waals surface area contributed by atoms with Crippen LogP contribution in [0.15, 0.2) is 45.7 Å². The summed E-state index contributed by atoms with van der Waals surface area (Å²) in [6.45, 7) is 0. The van der Waals surface area contributed by atoms with Crippen LogP contribution in [0.4, 0.5) is 4.39 Å². The third kappa shape index (κ3) is 1.99. The number of hydrogen-bond acceptors (Lipinski definition) is 2. The second-order valence-corrected chi connectivity index (χ2v) is 3.82. The average Bonchev–Trinajstić information content (AvgIpc) is 2.74. The summed E-state index contributed by atoms with van der Waals surface area (Å²) in [6.07, 6.45) is 2.78. The van der Waals surface area contributed by atoms with Crippen LogP contribution >= 0.6 is 15.9 Å². The minimum Gasteiger partial charge on any atom is -0.472 e. The van der Waals surface area contributed by atoms with E-state index in [-0.39, 0.29) is 10.3 Å². The van der Waals surface area contributed by atoms with Crippen molar-refractivity contribution in [2.24, 2.45) is 0 Å². The Balaban J connectivity index is 2.39. The summed E-state index contributed by atoms with van der Waals surface area (Å²) in [7, 11) is 0. The molecule has 1 heterocycles. The zero-order valence-corrected chi connectivity index (χ0v) is 9.12. The number of hydrogen-bond donors (Lipinski definition) is 0. The van der Waals surface area contributed by atoms with Crippen LogP contribution in [0, 0.1) is 5.82 Å². The Morgan fingerprint density at radius 3 is 2.67 bits per heavy atom. The summed E-state index contributed by atoms with van der Waals surface area (Å²) < 4.78 is 18.0. The highest BCUT2D eigenvalue weighted by Crippen LogP contribution is 2.19. The molecule has 0 fully saturated rings. The lowest BCUT2D eigenvalue weighted by Crippen LogP contribution is -1.99. The van der Waals surface area contributed by atoms with Crippen LogP contribution in [-0.2, 0) is 0 Å². The van der Waals surface area contributed by atoms with Gasteiger partial charge in [-0.25, -0.2) is 4.39 Å². The summed E-state index contributed by atoms with van der Waals surface area (Å²) in [4.78, 5) is 11.8. The molecule has 0 saturated heterocycles. The molecule has 0 atom stereocenters. The van der Waals surface area contributed by atoms with Gasteiger partial charge in [0.2, 0.25) is 0 Å². The van der Waals surface area contributed by atoms with Gasteiger partial charge in [-0.05, 0) is 40.2 Å². The van der Waals surface area contributed by atoms with Crippen LogP contribution in [0.25, 0.3) is 0 Å². The maximum Gasteiger partial charge on any atom is 0.196 e. The van der Waals surface area contributed by atoms with Crippen LogP contribution in [0.5, 0.6) is 0 Å². The Morgan fingerprint density at radius 2 is 2.07 bits per heavy atom. The normalized spacial score (nSPS) is 10.3. The molecule has 0 radical (unpaired) electrons. The molecule has 4 heteroatoms. The van der Waals surface area contributed by atoms with Crippen molar-refractivity contribution < 1.29 is 13.6 Å². The van der Waals surface area contributed by atoms with Crippen LogP contribution in [0.1, 0.15) is 15.9 Å². The first kappa shape index (κ1) is 10.1. The van der Waals surface area contributed by atoms with Gasteiger partial charge in [0.25, 0.3) is 0 Å². The molecule has 1 aromatic carbocycles. The lowest BCUT2D eigenvalue weighted by molar-refractivity contribution is 0.103. The molecule has 0 amide bonds. The standard InChI is InChI=1S/C11H6BrFO2/c12-9-5-7(1-2-10(9)13)11(14)8-3-4-15-6-8/h1-6H. The molecule has 0 aliphatic carbocycles. The Bertz CT molecular complexity index is 491. The van der Waals surface area contributed by atoms with Gasteiger partial charge in [-0.1, -0.05) is 0 Å². The first-order chi connectivity index (χ1) is 7.18. The summed E-state index contributed by atoms with van der Waals surface area (Å²) in [5.41, 5.74) is 0.873. The van der Waals surface area contributed by atoms with Gasteiger partial charge < -0.3 is 4.42 Å². The Kier molecular flexibility index (Phi) is 2.68. The number of rotatable bonds is 2. The van der Waals surface area contributed by atoms with Crippen LogP contribution in [-0.4, -0.2) is 5.78 Å². The van der Waals surface area contributed by atoms with Gasteiger partial charge in [0.15, 0.2) is 5.78 Å². The lowest BCUT2D eigenvalue weighted by atomic mass is 10.1.